The monoisotopic (exact) mass is 296 g/mol. The molecule has 0 saturated carbocycles. The number of ether oxygens (including phenoxy) is 5. The summed E-state index contributed by atoms with van der Waals surface area (Å²) in [5.74, 6) is 0.872. The molecule has 0 bridgehead atoms. The zero-order valence-corrected chi connectivity index (χ0v) is 12.6. The molecule has 1 saturated heterocycles. The lowest BCUT2D eigenvalue weighted by molar-refractivity contribution is 0.00708. The summed E-state index contributed by atoms with van der Waals surface area (Å²) in [5, 5.41) is 0. The molecule has 1 aliphatic heterocycles. The Labute approximate surface area is 126 Å². The van der Waals surface area contributed by atoms with Gasteiger partial charge in [-0.1, -0.05) is 17.7 Å². The van der Waals surface area contributed by atoms with Crippen molar-refractivity contribution in [2.24, 2.45) is 0 Å². The van der Waals surface area contributed by atoms with Crippen molar-refractivity contribution in [2.75, 3.05) is 52.9 Å². The molecule has 1 aliphatic rings. The average molecular weight is 296 g/mol. The highest BCUT2D eigenvalue weighted by Gasteiger charge is 2.21. The summed E-state index contributed by atoms with van der Waals surface area (Å²) in [6, 6.07) is 7.99. The first kappa shape index (κ1) is 16.2. The van der Waals surface area contributed by atoms with Gasteiger partial charge < -0.3 is 23.7 Å². The molecular weight excluding hydrogens is 272 g/mol. The lowest BCUT2D eigenvalue weighted by atomic mass is 10.2. The first-order valence-electron chi connectivity index (χ1n) is 7.39. The zero-order chi connectivity index (χ0) is 14.8. The predicted molar refractivity (Wildman–Crippen MR) is 78.9 cm³/mol. The van der Waals surface area contributed by atoms with Gasteiger partial charge in [-0.25, -0.2) is 0 Å². The van der Waals surface area contributed by atoms with Crippen molar-refractivity contribution >= 4 is 0 Å². The van der Waals surface area contributed by atoms with Crippen LogP contribution in [0.1, 0.15) is 5.56 Å². The van der Waals surface area contributed by atoms with E-state index in [0.717, 1.165) is 12.4 Å². The van der Waals surface area contributed by atoms with Gasteiger partial charge in [0.25, 0.3) is 0 Å². The largest absolute Gasteiger partial charge is 0.491 e. The number of hydrogen-bond acceptors (Lipinski definition) is 5. The van der Waals surface area contributed by atoms with E-state index in [1.54, 1.807) is 0 Å². The third kappa shape index (κ3) is 8.02. The van der Waals surface area contributed by atoms with Crippen LogP contribution < -0.4 is 4.74 Å². The van der Waals surface area contributed by atoms with Crippen molar-refractivity contribution in [3.05, 3.63) is 29.8 Å². The summed E-state index contributed by atoms with van der Waals surface area (Å²) >= 11 is 0. The van der Waals surface area contributed by atoms with Gasteiger partial charge in [-0.05, 0) is 19.1 Å². The van der Waals surface area contributed by atoms with Gasteiger partial charge in [0.05, 0.1) is 46.2 Å². The summed E-state index contributed by atoms with van der Waals surface area (Å²) in [6.45, 7) is 7.02. The summed E-state index contributed by atoms with van der Waals surface area (Å²) in [4.78, 5) is 0. The smallest absolute Gasteiger partial charge is 0.119 e. The maximum atomic E-state index is 5.55. The van der Waals surface area contributed by atoms with E-state index in [1.165, 1.54) is 5.56 Å². The van der Waals surface area contributed by atoms with E-state index < -0.39 is 0 Å². The summed E-state index contributed by atoms with van der Waals surface area (Å²) in [5.41, 5.74) is 1.23. The first-order valence-corrected chi connectivity index (χ1v) is 7.39. The Bertz CT molecular complexity index is 375. The first-order chi connectivity index (χ1) is 10.3. The SMILES string of the molecule is Cc1ccc(OCCOCCOCCOCC2CO2)cc1. The van der Waals surface area contributed by atoms with Gasteiger partial charge in [-0.3, -0.25) is 0 Å². The van der Waals surface area contributed by atoms with Gasteiger partial charge in [0, 0.05) is 0 Å². The maximum Gasteiger partial charge on any atom is 0.119 e. The van der Waals surface area contributed by atoms with E-state index in [9.17, 15) is 0 Å². The molecule has 0 spiro atoms. The summed E-state index contributed by atoms with van der Waals surface area (Å²) < 4.78 is 26.7. The summed E-state index contributed by atoms with van der Waals surface area (Å²) in [7, 11) is 0. The Morgan fingerprint density at radius 3 is 2.10 bits per heavy atom. The molecule has 21 heavy (non-hydrogen) atoms. The predicted octanol–water partition coefficient (Wildman–Crippen LogP) is 1.82. The molecule has 0 N–H and O–H groups in total. The molecule has 0 aromatic heterocycles. The Morgan fingerprint density at radius 2 is 1.48 bits per heavy atom. The third-order valence-corrected chi connectivity index (χ3v) is 2.97. The Kier molecular flexibility index (Phi) is 7.53. The van der Waals surface area contributed by atoms with Gasteiger partial charge in [0.1, 0.15) is 18.5 Å². The van der Waals surface area contributed by atoms with Crippen LogP contribution in [0.5, 0.6) is 5.75 Å². The fraction of sp³-hybridized carbons (Fsp3) is 0.625. The average Bonchev–Trinajstić information content (AvgIpc) is 3.31. The van der Waals surface area contributed by atoms with Crippen molar-refractivity contribution < 1.29 is 23.7 Å². The van der Waals surface area contributed by atoms with Gasteiger partial charge >= 0.3 is 0 Å². The number of aryl methyl sites for hydroxylation is 1. The highest BCUT2D eigenvalue weighted by atomic mass is 16.6. The van der Waals surface area contributed by atoms with Crippen LogP contribution in [0.25, 0.3) is 0 Å². The lowest BCUT2D eigenvalue weighted by Crippen LogP contribution is -2.13. The molecule has 0 radical (unpaired) electrons. The Morgan fingerprint density at radius 1 is 0.905 bits per heavy atom. The second-order valence-corrected chi connectivity index (χ2v) is 4.92. The van der Waals surface area contributed by atoms with E-state index in [1.807, 2.05) is 24.3 Å². The quantitative estimate of drug-likeness (QED) is 0.435. The number of benzene rings is 1. The molecule has 2 rings (SSSR count). The number of hydrogen-bond donors (Lipinski definition) is 0. The highest BCUT2D eigenvalue weighted by molar-refractivity contribution is 5.26. The molecular formula is C16H24O5. The molecule has 1 fully saturated rings. The Hall–Kier alpha value is -1.14. The molecule has 118 valence electrons. The van der Waals surface area contributed by atoms with Gasteiger partial charge in [-0.15, -0.1) is 0 Å². The van der Waals surface area contributed by atoms with Crippen LogP contribution in [0.15, 0.2) is 24.3 Å². The summed E-state index contributed by atoms with van der Waals surface area (Å²) in [6.07, 6.45) is 0.321. The fourth-order valence-corrected chi connectivity index (χ4v) is 1.67. The van der Waals surface area contributed by atoms with Crippen LogP contribution in [-0.4, -0.2) is 59.0 Å². The molecule has 5 heteroatoms. The molecule has 0 amide bonds. The van der Waals surface area contributed by atoms with E-state index in [0.29, 0.717) is 52.4 Å². The van der Waals surface area contributed by atoms with E-state index in [4.69, 9.17) is 23.7 Å². The second kappa shape index (κ2) is 9.73. The standard InChI is InChI=1S/C16H24O5/c1-14-2-4-15(5-3-14)20-11-10-18-7-6-17-8-9-19-12-16-13-21-16/h2-5,16H,6-13H2,1H3. The second-order valence-electron chi connectivity index (χ2n) is 4.92. The molecule has 1 unspecified atom stereocenters. The van der Waals surface area contributed by atoms with Crippen molar-refractivity contribution in [1.82, 2.24) is 0 Å². The zero-order valence-electron chi connectivity index (χ0n) is 12.6. The van der Waals surface area contributed by atoms with Gasteiger partial charge in [0.2, 0.25) is 0 Å². The number of epoxide rings is 1. The van der Waals surface area contributed by atoms with E-state index in [-0.39, 0.29) is 0 Å². The minimum absolute atomic E-state index is 0.321. The van der Waals surface area contributed by atoms with E-state index in [2.05, 4.69) is 6.92 Å². The van der Waals surface area contributed by atoms with Gasteiger partial charge in [0.15, 0.2) is 0 Å². The molecule has 5 nitrogen and oxygen atoms in total. The van der Waals surface area contributed by atoms with Crippen LogP contribution in [-0.2, 0) is 18.9 Å². The van der Waals surface area contributed by atoms with Crippen molar-refractivity contribution in [1.29, 1.82) is 0 Å². The molecule has 1 aromatic rings. The van der Waals surface area contributed by atoms with Crippen LogP contribution in [0.3, 0.4) is 0 Å². The molecule has 0 aliphatic carbocycles. The highest BCUT2D eigenvalue weighted by Crippen LogP contribution is 2.11. The van der Waals surface area contributed by atoms with E-state index >= 15 is 0 Å². The maximum absolute atomic E-state index is 5.55. The molecule has 1 aromatic carbocycles. The lowest BCUT2D eigenvalue weighted by Gasteiger charge is -2.08. The van der Waals surface area contributed by atoms with Crippen molar-refractivity contribution in [3.63, 3.8) is 0 Å². The van der Waals surface area contributed by atoms with Crippen LogP contribution in [0, 0.1) is 6.92 Å². The van der Waals surface area contributed by atoms with Crippen molar-refractivity contribution in [3.8, 4) is 5.75 Å². The minimum atomic E-state index is 0.321. The van der Waals surface area contributed by atoms with Crippen LogP contribution >= 0.6 is 0 Å². The fourth-order valence-electron chi connectivity index (χ4n) is 1.67. The third-order valence-electron chi connectivity index (χ3n) is 2.97. The van der Waals surface area contributed by atoms with Crippen molar-refractivity contribution in [2.45, 2.75) is 13.0 Å². The Balaban J connectivity index is 1.32. The van der Waals surface area contributed by atoms with Crippen LogP contribution in [0.4, 0.5) is 0 Å². The van der Waals surface area contributed by atoms with Gasteiger partial charge in [-0.2, -0.15) is 0 Å². The normalized spacial score (nSPS) is 16.9. The number of rotatable bonds is 12. The molecule has 1 atom stereocenters. The topological polar surface area (TPSA) is 49.5 Å². The molecule has 1 heterocycles. The van der Waals surface area contributed by atoms with Crippen LogP contribution in [0.2, 0.25) is 0 Å². The minimum Gasteiger partial charge on any atom is -0.491 e.